The fourth-order valence-electron chi connectivity index (χ4n) is 4.36. The fraction of sp³-hybridized carbons (Fsp3) is 0.276. The highest BCUT2D eigenvalue weighted by Crippen LogP contribution is 2.40. The van der Waals surface area contributed by atoms with Crippen molar-refractivity contribution in [1.82, 2.24) is 10.3 Å². The number of nitriles is 1. The van der Waals surface area contributed by atoms with Crippen molar-refractivity contribution >= 4 is 17.3 Å². The van der Waals surface area contributed by atoms with Gasteiger partial charge >= 0.3 is 0 Å². The van der Waals surface area contributed by atoms with Gasteiger partial charge in [0, 0.05) is 25.4 Å². The van der Waals surface area contributed by atoms with Crippen molar-refractivity contribution in [1.29, 1.82) is 5.26 Å². The van der Waals surface area contributed by atoms with Crippen LogP contribution in [0, 0.1) is 11.3 Å². The molecule has 1 N–H and O–H groups in total. The number of hydrogen-bond donors (Lipinski definition) is 1. The third kappa shape index (κ3) is 5.09. The Morgan fingerprint density at radius 3 is 2.97 bits per heavy atom. The lowest BCUT2D eigenvalue weighted by Gasteiger charge is -2.20. The summed E-state index contributed by atoms with van der Waals surface area (Å²) in [6.45, 7) is 5.01. The number of carbonyl (C=O) groups is 1. The van der Waals surface area contributed by atoms with Gasteiger partial charge in [0.05, 0.1) is 53.6 Å². The van der Waals surface area contributed by atoms with Gasteiger partial charge in [-0.15, -0.1) is 0 Å². The van der Waals surface area contributed by atoms with Crippen molar-refractivity contribution in [3.05, 3.63) is 101 Å². The number of ether oxygens (including phenoxy) is 1. The van der Waals surface area contributed by atoms with Gasteiger partial charge in [-0.25, -0.2) is 4.99 Å². The molecular weight excluding hydrogens is 450 g/mol. The van der Waals surface area contributed by atoms with Gasteiger partial charge in [0.1, 0.15) is 0 Å². The van der Waals surface area contributed by atoms with Crippen molar-refractivity contribution in [3.8, 4) is 6.07 Å². The van der Waals surface area contributed by atoms with Crippen LogP contribution in [0.5, 0.6) is 0 Å². The molecule has 7 heteroatoms. The summed E-state index contributed by atoms with van der Waals surface area (Å²) >= 11 is 0. The van der Waals surface area contributed by atoms with E-state index in [1.54, 1.807) is 13.1 Å². The Morgan fingerprint density at radius 1 is 1.33 bits per heavy atom. The molecule has 0 spiro atoms. The van der Waals surface area contributed by atoms with E-state index in [0.29, 0.717) is 41.7 Å². The van der Waals surface area contributed by atoms with E-state index in [2.05, 4.69) is 52.2 Å². The van der Waals surface area contributed by atoms with Crippen LogP contribution in [0.3, 0.4) is 0 Å². The van der Waals surface area contributed by atoms with E-state index in [4.69, 9.17) is 9.73 Å². The Kier molecular flexibility index (Phi) is 6.70. The first-order valence-corrected chi connectivity index (χ1v) is 12.0. The molecule has 3 heterocycles. The van der Waals surface area contributed by atoms with Gasteiger partial charge in [-0.3, -0.25) is 14.8 Å². The monoisotopic (exact) mass is 477 g/mol. The van der Waals surface area contributed by atoms with Crippen LogP contribution in [0.15, 0.2) is 82.6 Å². The first-order chi connectivity index (χ1) is 17.6. The summed E-state index contributed by atoms with van der Waals surface area (Å²) in [4.78, 5) is 26.3. The summed E-state index contributed by atoms with van der Waals surface area (Å²) in [6, 6.07) is 12.5. The molecule has 1 aliphatic carbocycles. The molecule has 1 saturated carbocycles. The number of nitrogens with one attached hydrogen (secondary N) is 1. The van der Waals surface area contributed by atoms with E-state index in [1.165, 1.54) is 24.6 Å². The molecule has 1 unspecified atom stereocenters. The average molecular weight is 478 g/mol. The van der Waals surface area contributed by atoms with E-state index < -0.39 is 5.92 Å². The highest BCUT2D eigenvalue weighted by Gasteiger charge is 2.24. The second-order valence-corrected chi connectivity index (χ2v) is 9.17. The van der Waals surface area contributed by atoms with E-state index in [-0.39, 0.29) is 12.5 Å². The molecule has 3 aliphatic rings. The summed E-state index contributed by atoms with van der Waals surface area (Å²) in [5.74, 6) is -0.0207. The normalized spacial score (nSPS) is 21.0. The molecule has 0 bridgehead atoms. The van der Waals surface area contributed by atoms with Crippen molar-refractivity contribution in [3.63, 3.8) is 0 Å². The summed E-state index contributed by atoms with van der Waals surface area (Å²) in [5, 5.41) is 12.3. The molecule has 5 rings (SSSR count). The molecule has 180 valence electrons. The molecule has 1 aromatic heterocycles. The van der Waals surface area contributed by atoms with Crippen LogP contribution in [0.25, 0.3) is 0 Å². The van der Waals surface area contributed by atoms with Crippen LogP contribution in [0.1, 0.15) is 57.4 Å². The van der Waals surface area contributed by atoms with E-state index >= 15 is 0 Å². The van der Waals surface area contributed by atoms with Crippen molar-refractivity contribution in [2.45, 2.75) is 31.3 Å². The first-order valence-electron chi connectivity index (χ1n) is 12.0. The second-order valence-electron chi connectivity index (χ2n) is 9.17. The van der Waals surface area contributed by atoms with E-state index in [9.17, 15) is 10.1 Å². The van der Waals surface area contributed by atoms with Gasteiger partial charge in [0.15, 0.2) is 0 Å². The predicted molar refractivity (Wildman–Crippen MR) is 139 cm³/mol. The molecule has 0 radical (unpaired) electrons. The Balaban J connectivity index is 1.29. The zero-order chi connectivity index (χ0) is 25.1. The van der Waals surface area contributed by atoms with Crippen LogP contribution < -0.4 is 5.32 Å². The lowest BCUT2D eigenvalue weighted by atomic mass is 9.96. The summed E-state index contributed by atoms with van der Waals surface area (Å²) in [6.07, 6.45) is 9.81. The maximum Gasteiger partial charge on any atom is 0.253 e. The van der Waals surface area contributed by atoms with Gasteiger partial charge in [-0.05, 0) is 65.8 Å². The largest absolute Gasteiger partial charge is 0.373 e. The van der Waals surface area contributed by atoms with Crippen LogP contribution in [0.2, 0.25) is 0 Å². The quantitative estimate of drug-likeness (QED) is 0.667. The maximum absolute atomic E-state index is 12.8. The van der Waals surface area contributed by atoms with Gasteiger partial charge in [-0.2, -0.15) is 5.26 Å². The minimum Gasteiger partial charge on any atom is -0.373 e. The molecule has 1 aromatic carbocycles. The van der Waals surface area contributed by atoms with Crippen molar-refractivity contribution in [2.75, 3.05) is 20.2 Å². The van der Waals surface area contributed by atoms with Gasteiger partial charge in [0.25, 0.3) is 5.91 Å². The number of nitrogens with zero attached hydrogens (tertiary/aromatic N) is 4. The molecule has 1 atom stereocenters. The number of dihydropyridines is 1. The number of pyridine rings is 1. The number of allylic oxidation sites excluding steroid dienone is 2. The third-order valence-electron chi connectivity index (χ3n) is 6.51. The van der Waals surface area contributed by atoms with Crippen LogP contribution in [-0.4, -0.2) is 42.5 Å². The number of aromatic nitrogens is 1. The number of fused-ring (bicyclic) bond motifs is 1. The molecule has 1 fully saturated rings. The summed E-state index contributed by atoms with van der Waals surface area (Å²) in [7, 11) is 1.73. The smallest absolute Gasteiger partial charge is 0.253 e. The fourth-order valence-corrected chi connectivity index (χ4v) is 4.36. The molecule has 0 saturated heterocycles. The number of amides is 1. The molecule has 36 heavy (non-hydrogen) atoms. The van der Waals surface area contributed by atoms with Gasteiger partial charge in [0.2, 0.25) is 0 Å². The van der Waals surface area contributed by atoms with Crippen LogP contribution >= 0.6 is 0 Å². The zero-order valence-electron chi connectivity index (χ0n) is 20.2. The molecular formula is C29H27N5O2. The third-order valence-corrected chi connectivity index (χ3v) is 6.51. The predicted octanol–water partition coefficient (Wildman–Crippen LogP) is 4.40. The minimum atomic E-state index is -0.420. The number of rotatable bonds is 6. The van der Waals surface area contributed by atoms with Crippen LogP contribution in [-0.2, 0) is 11.3 Å². The Labute approximate surface area is 210 Å². The topological polar surface area (TPSA) is 99.7 Å². The lowest BCUT2D eigenvalue weighted by molar-refractivity contribution is 0.0945. The number of aliphatic imine (C=N–C) groups is 2. The maximum atomic E-state index is 12.8. The molecule has 2 aromatic rings. The number of hydrogen-bond acceptors (Lipinski definition) is 6. The van der Waals surface area contributed by atoms with Gasteiger partial charge in [-0.1, -0.05) is 24.8 Å². The molecule has 7 nitrogen and oxygen atoms in total. The Bertz CT molecular complexity index is 1390. The number of carbonyl (C=O) groups excluding carboxylic acids is 1. The first kappa shape index (κ1) is 23.6. The van der Waals surface area contributed by atoms with E-state index in [0.717, 1.165) is 22.6 Å². The summed E-state index contributed by atoms with van der Waals surface area (Å²) in [5.41, 5.74) is 7.34. The van der Waals surface area contributed by atoms with Gasteiger partial charge < -0.3 is 10.1 Å². The molecule has 2 aliphatic heterocycles. The zero-order valence-corrected chi connectivity index (χ0v) is 20.2. The lowest BCUT2D eigenvalue weighted by Crippen LogP contribution is -2.26. The Hall–Kier alpha value is -4.15. The average Bonchev–Trinajstić information content (AvgIpc) is 3.77. The van der Waals surface area contributed by atoms with Crippen molar-refractivity contribution < 1.29 is 9.53 Å². The Morgan fingerprint density at radius 2 is 2.19 bits per heavy atom. The second kappa shape index (κ2) is 10.2. The highest BCUT2D eigenvalue weighted by atomic mass is 16.5. The van der Waals surface area contributed by atoms with E-state index in [1.807, 2.05) is 18.2 Å². The number of benzene rings is 1. The minimum absolute atomic E-state index is 0.243. The van der Waals surface area contributed by atoms with Crippen LogP contribution in [0.4, 0.5) is 0 Å². The van der Waals surface area contributed by atoms with Crippen molar-refractivity contribution in [2.24, 2.45) is 9.98 Å². The standard InChI is InChI=1S/C29H27N5O2/c1-18(14-33-29(35)22-12-24-23(13-30)16-36-17-28(24)32-15-22)10-27-26(31-2)9-8-25(34-27)21-5-3-4-20(11-21)19-6-7-19/h3-5,8-12,15,19,23H,1,6-7,14,16-17H2,2H3,(H,33,35)/b27-10+,31-26?. The molecule has 1 amide bonds. The SMILES string of the molecule is C=C(/C=C1/N=C(c2cccc(C3CC3)c2)C=CC1=NC)CNC(=O)c1cnc2c(c1)C(C#N)COC2. The summed E-state index contributed by atoms with van der Waals surface area (Å²) < 4.78 is 5.39. The highest BCUT2D eigenvalue weighted by molar-refractivity contribution is 6.21.